The third-order valence-corrected chi connectivity index (χ3v) is 0.793. The summed E-state index contributed by atoms with van der Waals surface area (Å²) in [5.41, 5.74) is 0. The van der Waals surface area contributed by atoms with Crippen LogP contribution >= 0.6 is 0 Å². The summed E-state index contributed by atoms with van der Waals surface area (Å²) in [4.78, 5) is 19.9. The lowest BCUT2D eigenvalue weighted by Gasteiger charge is -2.01. The lowest BCUT2D eigenvalue weighted by Crippen LogP contribution is -2.30. The minimum Gasteiger partial charge on any atom is -0.385 e. The maximum absolute atomic E-state index is 10.3. The molecule has 0 aliphatic carbocycles. The Labute approximate surface area is 52.1 Å². The summed E-state index contributed by atoms with van der Waals surface area (Å²) < 4.78 is 0. The van der Waals surface area contributed by atoms with E-state index in [-0.39, 0.29) is 0 Å². The topological polar surface area (TPSA) is 74.6 Å². The van der Waals surface area contributed by atoms with E-state index in [0.717, 1.165) is 6.29 Å². The number of aliphatic hydroxyl groups excluding tert-OH is 2. The molecule has 0 aliphatic rings. The van der Waals surface area contributed by atoms with E-state index in [1.807, 2.05) is 0 Å². The van der Waals surface area contributed by atoms with Crippen LogP contribution in [-0.4, -0.2) is 34.5 Å². The van der Waals surface area contributed by atoms with Crippen molar-refractivity contribution in [1.29, 1.82) is 0 Å². The Morgan fingerprint density at radius 3 is 2.11 bits per heavy atom. The predicted molar refractivity (Wildman–Crippen MR) is 28.4 cm³/mol. The van der Waals surface area contributed by atoms with Gasteiger partial charge in [-0.25, -0.2) is 0 Å². The molecular weight excluding hydrogens is 124 g/mol. The second kappa shape index (κ2) is 3.32. The van der Waals surface area contributed by atoms with Gasteiger partial charge >= 0.3 is 0 Å². The van der Waals surface area contributed by atoms with Gasteiger partial charge in [0, 0.05) is 0 Å². The number of hydrogen-bond acceptors (Lipinski definition) is 4. The molecule has 0 spiro atoms. The van der Waals surface area contributed by atoms with E-state index in [2.05, 4.69) is 0 Å². The first-order chi connectivity index (χ1) is 4.09. The zero-order valence-corrected chi connectivity index (χ0v) is 4.87. The molecule has 0 rings (SSSR count). The molecule has 4 heteroatoms. The maximum Gasteiger partial charge on any atom is 0.237 e. The Bertz CT molecular complexity index is 118. The molecule has 0 aliphatic heterocycles. The Morgan fingerprint density at radius 2 is 2.00 bits per heavy atom. The van der Waals surface area contributed by atoms with E-state index in [1.54, 1.807) is 0 Å². The molecule has 2 N–H and O–H groups in total. The van der Waals surface area contributed by atoms with Gasteiger partial charge in [-0.2, -0.15) is 0 Å². The van der Waals surface area contributed by atoms with E-state index in [1.165, 1.54) is 6.92 Å². The van der Waals surface area contributed by atoms with Crippen molar-refractivity contribution in [2.45, 2.75) is 19.1 Å². The van der Waals surface area contributed by atoms with Gasteiger partial charge < -0.3 is 10.2 Å². The Hall–Kier alpha value is -0.740. The average molecular weight is 131 g/mol. The van der Waals surface area contributed by atoms with Crippen molar-refractivity contribution in [3.05, 3.63) is 0 Å². The van der Waals surface area contributed by atoms with Crippen molar-refractivity contribution < 1.29 is 19.8 Å². The summed E-state index contributed by atoms with van der Waals surface area (Å²) in [7, 11) is 0. The van der Waals surface area contributed by atoms with Gasteiger partial charge in [0.05, 0.1) is 0 Å². The van der Waals surface area contributed by atoms with Crippen LogP contribution in [0.15, 0.2) is 0 Å². The standard InChI is InChI=1S/C5H7O4/c1-3(7)5(9)4(8)2-6/h3-4,7-8H,1H3. The first kappa shape index (κ1) is 8.26. The number of hydrogen-bond donors (Lipinski definition) is 2. The highest BCUT2D eigenvalue weighted by atomic mass is 16.3. The number of carbonyl (C=O) groups excluding carboxylic acids is 2. The third kappa shape index (κ3) is 2.34. The van der Waals surface area contributed by atoms with E-state index in [4.69, 9.17) is 10.2 Å². The minimum atomic E-state index is -1.80. The fourth-order valence-corrected chi connectivity index (χ4v) is 0.287. The SMILES string of the molecule is CC(O)C(=O)C(O)[C]=O. The fourth-order valence-electron chi connectivity index (χ4n) is 0.287. The van der Waals surface area contributed by atoms with Crippen molar-refractivity contribution in [3.8, 4) is 0 Å². The maximum atomic E-state index is 10.3. The van der Waals surface area contributed by atoms with Crippen LogP contribution in [-0.2, 0) is 9.59 Å². The monoisotopic (exact) mass is 131 g/mol. The Balaban J connectivity index is 3.87. The highest BCUT2D eigenvalue weighted by Crippen LogP contribution is 1.87. The normalized spacial score (nSPS) is 16.3. The quantitative estimate of drug-likeness (QED) is 0.453. The van der Waals surface area contributed by atoms with Crippen LogP contribution in [0, 0.1) is 0 Å². The van der Waals surface area contributed by atoms with E-state index in [9.17, 15) is 9.59 Å². The van der Waals surface area contributed by atoms with Crippen LogP contribution in [0.2, 0.25) is 0 Å². The second-order valence-electron chi connectivity index (χ2n) is 1.60. The number of carbonyl (C=O) groups is 1. The molecule has 2 atom stereocenters. The van der Waals surface area contributed by atoms with Crippen LogP contribution < -0.4 is 0 Å². The first-order valence-corrected chi connectivity index (χ1v) is 2.37. The molecule has 1 radical (unpaired) electrons. The average Bonchev–Trinajstić information content (AvgIpc) is 1.84. The summed E-state index contributed by atoms with van der Waals surface area (Å²) in [6.07, 6.45) is -2.06. The molecule has 0 aromatic rings. The molecule has 0 amide bonds. The van der Waals surface area contributed by atoms with Gasteiger partial charge in [0.25, 0.3) is 0 Å². The lowest BCUT2D eigenvalue weighted by atomic mass is 10.2. The van der Waals surface area contributed by atoms with Crippen molar-refractivity contribution in [2.75, 3.05) is 0 Å². The fraction of sp³-hybridized carbons (Fsp3) is 0.600. The third-order valence-electron chi connectivity index (χ3n) is 0.793. The van der Waals surface area contributed by atoms with E-state index in [0.29, 0.717) is 0 Å². The first-order valence-electron chi connectivity index (χ1n) is 2.37. The molecule has 9 heavy (non-hydrogen) atoms. The van der Waals surface area contributed by atoms with Gasteiger partial charge in [-0.1, -0.05) is 0 Å². The molecule has 0 saturated carbocycles. The van der Waals surface area contributed by atoms with Crippen LogP contribution in [0.25, 0.3) is 0 Å². The van der Waals surface area contributed by atoms with Crippen LogP contribution in [0.4, 0.5) is 0 Å². The van der Waals surface area contributed by atoms with Crippen LogP contribution in [0.5, 0.6) is 0 Å². The van der Waals surface area contributed by atoms with Gasteiger partial charge in [-0.15, -0.1) is 0 Å². The van der Waals surface area contributed by atoms with E-state index < -0.39 is 18.0 Å². The summed E-state index contributed by atoms with van der Waals surface area (Å²) in [5, 5.41) is 16.8. The molecular formula is C5H7O4. The molecule has 4 nitrogen and oxygen atoms in total. The minimum absolute atomic E-state index is 0.926. The Morgan fingerprint density at radius 1 is 1.56 bits per heavy atom. The highest BCUT2D eigenvalue weighted by molar-refractivity contribution is 5.98. The lowest BCUT2D eigenvalue weighted by molar-refractivity contribution is -0.131. The van der Waals surface area contributed by atoms with Crippen molar-refractivity contribution in [1.82, 2.24) is 0 Å². The molecule has 0 fully saturated rings. The second-order valence-corrected chi connectivity index (χ2v) is 1.60. The summed E-state index contributed by atoms with van der Waals surface area (Å²) >= 11 is 0. The summed E-state index contributed by atoms with van der Waals surface area (Å²) in [6.45, 7) is 1.17. The molecule has 0 aromatic heterocycles. The van der Waals surface area contributed by atoms with Gasteiger partial charge in [0.2, 0.25) is 6.29 Å². The van der Waals surface area contributed by atoms with Gasteiger partial charge in [-0.3, -0.25) is 9.59 Å². The zero-order valence-electron chi connectivity index (χ0n) is 4.87. The van der Waals surface area contributed by atoms with Crippen LogP contribution in [0.1, 0.15) is 6.92 Å². The van der Waals surface area contributed by atoms with Crippen molar-refractivity contribution in [2.24, 2.45) is 0 Å². The predicted octanol–water partition coefficient (Wildman–Crippen LogP) is -1.59. The molecule has 2 unspecified atom stereocenters. The molecule has 0 bridgehead atoms. The summed E-state index contributed by atoms with van der Waals surface area (Å²) in [5.74, 6) is -0.926. The molecule has 0 saturated heterocycles. The molecule has 0 aromatic carbocycles. The largest absolute Gasteiger partial charge is 0.385 e. The summed E-state index contributed by atoms with van der Waals surface area (Å²) in [6, 6.07) is 0. The molecule has 0 heterocycles. The van der Waals surface area contributed by atoms with Gasteiger partial charge in [-0.05, 0) is 6.92 Å². The van der Waals surface area contributed by atoms with E-state index >= 15 is 0 Å². The van der Waals surface area contributed by atoms with Crippen LogP contribution in [0.3, 0.4) is 0 Å². The zero-order chi connectivity index (χ0) is 7.44. The number of Topliss-reactive ketones (excluding diaryl/α,β-unsaturated/α-hetero) is 1. The van der Waals surface area contributed by atoms with Crippen molar-refractivity contribution >= 4 is 12.1 Å². The highest BCUT2D eigenvalue weighted by Gasteiger charge is 2.18. The smallest absolute Gasteiger partial charge is 0.237 e. The van der Waals surface area contributed by atoms with Crippen molar-refractivity contribution in [3.63, 3.8) is 0 Å². The number of aliphatic hydroxyl groups is 2. The number of ketones is 1. The van der Waals surface area contributed by atoms with Gasteiger partial charge in [0.15, 0.2) is 11.9 Å². The molecule has 51 valence electrons. The Kier molecular flexibility index (Phi) is 3.05. The number of rotatable bonds is 3. The van der Waals surface area contributed by atoms with Gasteiger partial charge in [0.1, 0.15) is 6.10 Å².